The first-order chi connectivity index (χ1) is 14.5. The maximum absolute atomic E-state index is 12.3. The summed E-state index contributed by atoms with van der Waals surface area (Å²) >= 11 is 2.87. The lowest BCUT2D eigenvalue weighted by Crippen LogP contribution is -2.13. The van der Waals surface area contributed by atoms with E-state index in [1.54, 1.807) is 0 Å². The number of benzene rings is 2. The maximum Gasteiger partial charge on any atom is 0.236 e. The van der Waals surface area contributed by atoms with Gasteiger partial charge in [0.05, 0.1) is 11.4 Å². The number of nitrogens with zero attached hydrogens (tertiary/aromatic N) is 1. The Labute approximate surface area is 185 Å². The molecule has 156 valence electrons. The Morgan fingerprint density at radius 2 is 1.73 bits per heavy atom. The molecule has 2 N–H and O–H groups in total. The highest BCUT2D eigenvalue weighted by Crippen LogP contribution is 2.26. The number of aryl methyl sites for hydroxylation is 1. The van der Waals surface area contributed by atoms with Gasteiger partial charge in [-0.05, 0) is 37.6 Å². The molecule has 3 aromatic rings. The molecule has 30 heavy (non-hydrogen) atoms. The molecule has 5 nitrogen and oxygen atoms in total. The largest absolute Gasteiger partial charge is 0.326 e. The molecule has 3 rings (SSSR count). The molecule has 0 bridgehead atoms. The molecule has 1 aromatic heterocycles. The van der Waals surface area contributed by atoms with Crippen LogP contribution in [0.3, 0.4) is 0 Å². The van der Waals surface area contributed by atoms with Crippen molar-refractivity contribution in [1.82, 2.24) is 4.98 Å². The molecule has 0 spiro atoms. The van der Waals surface area contributed by atoms with Crippen LogP contribution in [-0.2, 0) is 9.59 Å². The number of amides is 2. The van der Waals surface area contributed by atoms with E-state index in [4.69, 9.17) is 0 Å². The first-order valence-electron chi connectivity index (χ1n) is 9.88. The zero-order chi connectivity index (χ0) is 21.3. The van der Waals surface area contributed by atoms with Crippen LogP contribution in [0.1, 0.15) is 31.7 Å². The van der Waals surface area contributed by atoms with Gasteiger partial charge < -0.3 is 10.6 Å². The van der Waals surface area contributed by atoms with Crippen molar-refractivity contribution in [3.8, 4) is 11.3 Å². The molecule has 0 saturated heterocycles. The van der Waals surface area contributed by atoms with E-state index in [9.17, 15) is 9.59 Å². The molecule has 0 saturated carbocycles. The van der Waals surface area contributed by atoms with E-state index in [1.165, 1.54) is 28.7 Å². The number of hydrogen-bond acceptors (Lipinski definition) is 5. The molecular weight excluding hydrogens is 414 g/mol. The zero-order valence-corrected chi connectivity index (χ0v) is 18.7. The lowest BCUT2D eigenvalue weighted by molar-refractivity contribution is -0.116. The topological polar surface area (TPSA) is 71.1 Å². The van der Waals surface area contributed by atoms with Crippen molar-refractivity contribution in [2.45, 2.75) is 38.0 Å². The predicted molar refractivity (Wildman–Crippen MR) is 126 cm³/mol. The number of thioether (sulfide) groups is 1. The molecule has 0 radical (unpaired) electrons. The number of thiazole rings is 1. The predicted octanol–water partition coefficient (Wildman–Crippen LogP) is 5.98. The van der Waals surface area contributed by atoms with Crippen molar-refractivity contribution >= 4 is 45.7 Å². The average Bonchev–Trinajstić information content (AvgIpc) is 3.20. The van der Waals surface area contributed by atoms with Gasteiger partial charge in [-0.15, -0.1) is 23.1 Å². The number of unbranched alkanes of at least 4 members (excludes halogenated alkanes) is 1. The van der Waals surface area contributed by atoms with Gasteiger partial charge in [-0.1, -0.05) is 43.2 Å². The summed E-state index contributed by atoms with van der Waals surface area (Å²) in [5, 5.41) is 8.29. The molecule has 1 heterocycles. The van der Waals surface area contributed by atoms with Crippen LogP contribution >= 0.6 is 23.1 Å². The van der Waals surface area contributed by atoms with E-state index >= 15 is 0 Å². The summed E-state index contributed by atoms with van der Waals surface area (Å²) in [7, 11) is 0. The van der Waals surface area contributed by atoms with Crippen molar-refractivity contribution in [1.29, 1.82) is 0 Å². The minimum atomic E-state index is -0.0956. The minimum Gasteiger partial charge on any atom is -0.326 e. The highest BCUT2D eigenvalue weighted by atomic mass is 32.2. The van der Waals surface area contributed by atoms with E-state index in [0.29, 0.717) is 17.3 Å². The average molecular weight is 440 g/mol. The monoisotopic (exact) mass is 439 g/mol. The zero-order valence-electron chi connectivity index (χ0n) is 17.1. The van der Waals surface area contributed by atoms with Gasteiger partial charge in [0.1, 0.15) is 0 Å². The van der Waals surface area contributed by atoms with Crippen molar-refractivity contribution in [2.24, 2.45) is 0 Å². The third-order valence-corrected chi connectivity index (χ3v) is 6.13. The summed E-state index contributed by atoms with van der Waals surface area (Å²) in [5.74, 6) is 0.230. The summed E-state index contributed by atoms with van der Waals surface area (Å²) in [6.45, 7) is 4.11. The summed E-state index contributed by atoms with van der Waals surface area (Å²) in [4.78, 5) is 29.5. The van der Waals surface area contributed by atoms with Crippen LogP contribution in [0.25, 0.3) is 11.3 Å². The quantitative estimate of drug-likeness (QED) is 0.403. The second-order valence-electron chi connectivity index (χ2n) is 6.92. The molecule has 0 unspecified atom stereocenters. The first kappa shape index (κ1) is 22.1. The summed E-state index contributed by atoms with van der Waals surface area (Å²) < 4.78 is 0. The standard InChI is InChI=1S/C23H25N3O2S2/c1-3-4-5-21(27)24-18-10-12-19(13-11-18)29-15-22(28)26-23-25-20(14-30-23)17-8-6-16(2)7-9-17/h6-14H,3-5,15H2,1-2H3,(H,24,27)(H,25,26,28). The summed E-state index contributed by atoms with van der Waals surface area (Å²) in [5.41, 5.74) is 3.87. The Kier molecular flexibility index (Phi) is 8.04. The molecule has 0 aliphatic rings. The van der Waals surface area contributed by atoms with Crippen molar-refractivity contribution in [3.05, 3.63) is 59.5 Å². The molecule has 0 fully saturated rings. The third kappa shape index (κ3) is 6.71. The fourth-order valence-corrected chi connectivity index (χ4v) is 4.12. The second kappa shape index (κ2) is 10.9. The Morgan fingerprint density at radius 3 is 2.43 bits per heavy atom. The SMILES string of the molecule is CCCCC(=O)Nc1ccc(SCC(=O)Nc2nc(-c3ccc(C)cc3)cs2)cc1. The number of nitrogens with one attached hydrogen (secondary N) is 2. The van der Waals surface area contributed by atoms with Crippen LogP contribution in [0.15, 0.2) is 58.8 Å². The summed E-state index contributed by atoms with van der Waals surface area (Å²) in [6.07, 6.45) is 2.43. The van der Waals surface area contributed by atoms with Crippen LogP contribution in [0.5, 0.6) is 0 Å². The van der Waals surface area contributed by atoms with Gasteiger partial charge >= 0.3 is 0 Å². The lowest BCUT2D eigenvalue weighted by atomic mass is 10.1. The van der Waals surface area contributed by atoms with Crippen molar-refractivity contribution in [2.75, 3.05) is 16.4 Å². The fourth-order valence-electron chi connectivity index (χ4n) is 2.69. The minimum absolute atomic E-state index is 0.0325. The number of carbonyl (C=O) groups is 2. The normalized spacial score (nSPS) is 10.6. The molecule has 7 heteroatoms. The highest BCUT2D eigenvalue weighted by molar-refractivity contribution is 8.00. The lowest BCUT2D eigenvalue weighted by Gasteiger charge is -2.06. The van der Waals surface area contributed by atoms with Crippen LogP contribution in [0.4, 0.5) is 10.8 Å². The van der Waals surface area contributed by atoms with E-state index in [-0.39, 0.29) is 11.8 Å². The van der Waals surface area contributed by atoms with E-state index in [2.05, 4.69) is 22.5 Å². The van der Waals surface area contributed by atoms with Crippen LogP contribution in [0, 0.1) is 6.92 Å². The number of anilines is 2. The fraction of sp³-hybridized carbons (Fsp3) is 0.261. The molecular formula is C23H25N3O2S2. The van der Waals surface area contributed by atoms with Crippen molar-refractivity contribution < 1.29 is 9.59 Å². The van der Waals surface area contributed by atoms with E-state index in [1.807, 2.05) is 60.8 Å². The smallest absolute Gasteiger partial charge is 0.236 e. The Balaban J connectivity index is 1.46. The summed E-state index contributed by atoms with van der Waals surface area (Å²) in [6, 6.07) is 15.7. The molecule has 2 aromatic carbocycles. The number of carbonyl (C=O) groups excluding carboxylic acids is 2. The molecule has 0 aliphatic heterocycles. The van der Waals surface area contributed by atoms with E-state index < -0.39 is 0 Å². The Morgan fingerprint density at radius 1 is 1.00 bits per heavy atom. The molecule has 0 atom stereocenters. The van der Waals surface area contributed by atoms with Gasteiger partial charge in [-0.3, -0.25) is 9.59 Å². The van der Waals surface area contributed by atoms with Gasteiger partial charge in [0, 0.05) is 27.9 Å². The van der Waals surface area contributed by atoms with Crippen molar-refractivity contribution in [3.63, 3.8) is 0 Å². The molecule has 2 amide bonds. The van der Waals surface area contributed by atoms with Gasteiger partial charge in [0.15, 0.2) is 5.13 Å². The highest BCUT2D eigenvalue weighted by Gasteiger charge is 2.09. The Hall–Kier alpha value is -2.64. The third-order valence-electron chi connectivity index (χ3n) is 4.36. The maximum atomic E-state index is 12.3. The van der Waals surface area contributed by atoms with Gasteiger partial charge in [0.25, 0.3) is 0 Å². The van der Waals surface area contributed by atoms with Crippen LogP contribution in [-0.4, -0.2) is 22.6 Å². The number of rotatable bonds is 9. The van der Waals surface area contributed by atoms with Gasteiger partial charge in [0.2, 0.25) is 11.8 Å². The Bertz CT molecular complexity index is 982. The number of aromatic nitrogens is 1. The number of hydrogen-bond donors (Lipinski definition) is 2. The van der Waals surface area contributed by atoms with Gasteiger partial charge in [-0.2, -0.15) is 0 Å². The van der Waals surface area contributed by atoms with Crippen LogP contribution in [0.2, 0.25) is 0 Å². The first-order valence-corrected chi connectivity index (χ1v) is 11.7. The van der Waals surface area contributed by atoms with Gasteiger partial charge in [-0.25, -0.2) is 4.98 Å². The second-order valence-corrected chi connectivity index (χ2v) is 8.82. The van der Waals surface area contributed by atoms with Crippen LogP contribution < -0.4 is 10.6 Å². The molecule has 0 aliphatic carbocycles. The van der Waals surface area contributed by atoms with E-state index in [0.717, 1.165) is 34.7 Å².